The Labute approximate surface area is 97.5 Å². The number of anilines is 2. The van der Waals surface area contributed by atoms with E-state index in [-0.39, 0.29) is 17.3 Å². The van der Waals surface area contributed by atoms with Gasteiger partial charge in [0.1, 0.15) is 17.3 Å². The molecule has 0 unspecified atom stereocenters. The maximum atomic E-state index is 11.6. The van der Waals surface area contributed by atoms with Crippen molar-refractivity contribution in [2.24, 2.45) is 10.7 Å². The number of rotatable bonds is 1. The van der Waals surface area contributed by atoms with Crippen LogP contribution in [0.5, 0.6) is 0 Å². The van der Waals surface area contributed by atoms with Crippen LogP contribution in [0, 0.1) is 0 Å². The number of nitrogen functional groups attached to an aromatic ring is 1. The van der Waals surface area contributed by atoms with Gasteiger partial charge in [-0.1, -0.05) is 0 Å². The number of fused-ring (bicyclic) bond motifs is 1. The molecule has 1 saturated heterocycles. The lowest BCUT2D eigenvalue weighted by Crippen LogP contribution is -2.23. The van der Waals surface area contributed by atoms with Crippen molar-refractivity contribution in [1.29, 1.82) is 0 Å². The van der Waals surface area contributed by atoms with Crippen LogP contribution in [0.2, 0.25) is 0 Å². The van der Waals surface area contributed by atoms with Gasteiger partial charge in [0.2, 0.25) is 5.95 Å². The number of nitrogens with zero attached hydrogens (tertiary/aromatic N) is 4. The highest BCUT2D eigenvalue weighted by atomic mass is 16.1. The standard InChI is InChI=1S/C10H12N6O/c11-7-5-6(9(17)14-7)13-10(15-8(5)12)16-3-1-2-4-16/h1-4H2,(H2,11,14,17)(H2,12,13,15). The smallest absolute Gasteiger partial charge is 0.298 e. The molecule has 1 amide bonds. The maximum Gasteiger partial charge on any atom is 0.298 e. The zero-order valence-corrected chi connectivity index (χ0v) is 9.18. The third-order valence-electron chi connectivity index (χ3n) is 2.99. The topological polar surface area (TPSA) is 110 Å². The second kappa shape index (κ2) is 3.41. The lowest BCUT2D eigenvalue weighted by molar-refractivity contribution is 0.100. The molecule has 7 nitrogen and oxygen atoms in total. The van der Waals surface area contributed by atoms with Gasteiger partial charge in [-0.2, -0.15) is 9.98 Å². The molecule has 0 spiro atoms. The number of aromatic nitrogens is 2. The van der Waals surface area contributed by atoms with E-state index in [1.54, 1.807) is 0 Å². The highest BCUT2D eigenvalue weighted by molar-refractivity contribution is 6.21. The van der Waals surface area contributed by atoms with Gasteiger partial charge in [-0.05, 0) is 12.8 Å². The first kappa shape index (κ1) is 10.0. The average molecular weight is 232 g/mol. The van der Waals surface area contributed by atoms with Crippen LogP contribution in [0.4, 0.5) is 11.8 Å². The van der Waals surface area contributed by atoms with Crippen molar-refractivity contribution in [2.75, 3.05) is 23.7 Å². The molecule has 17 heavy (non-hydrogen) atoms. The number of amides is 1. The Kier molecular flexibility index (Phi) is 2.01. The molecule has 3 heterocycles. The van der Waals surface area contributed by atoms with Crippen LogP contribution < -0.4 is 16.4 Å². The van der Waals surface area contributed by atoms with Crippen molar-refractivity contribution >= 4 is 23.5 Å². The number of hydrogen-bond acceptors (Lipinski definition) is 6. The molecule has 0 aromatic carbocycles. The minimum Gasteiger partial charge on any atom is -0.383 e. The Morgan fingerprint density at radius 3 is 2.53 bits per heavy atom. The van der Waals surface area contributed by atoms with Crippen LogP contribution in [-0.2, 0) is 0 Å². The number of nitrogens with two attached hydrogens (primary N) is 2. The van der Waals surface area contributed by atoms with E-state index in [4.69, 9.17) is 11.5 Å². The molecular formula is C10H12N6O. The largest absolute Gasteiger partial charge is 0.383 e. The summed E-state index contributed by atoms with van der Waals surface area (Å²) in [6, 6.07) is 0. The van der Waals surface area contributed by atoms with Crippen LogP contribution in [0.15, 0.2) is 4.99 Å². The molecule has 4 N–H and O–H groups in total. The second-order valence-corrected chi connectivity index (χ2v) is 4.13. The van der Waals surface area contributed by atoms with Crippen LogP contribution >= 0.6 is 0 Å². The molecule has 3 rings (SSSR count). The molecule has 0 aliphatic carbocycles. The predicted octanol–water partition coefficient (Wildman–Crippen LogP) is -0.482. The first-order chi connectivity index (χ1) is 8.16. The van der Waals surface area contributed by atoms with Crippen LogP contribution in [0.25, 0.3) is 0 Å². The van der Waals surface area contributed by atoms with Gasteiger partial charge in [-0.3, -0.25) is 4.79 Å². The van der Waals surface area contributed by atoms with Crippen molar-refractivity contribution < 1.29 is 4.79 Å². The number of amidine groups is 1. The van der Waals surface area contributed by atoms with Crippen LogP contribution in [0.1, 0.15) is 28.9 Å². The number of carbonyl (C=O) groups excluding carboxylic acids is 1. The summed E-state index contributed by atoms with van der Waals surface area (Å²) >= 11 is 0. The first-order valence-corrected chi connectivity index (χ1v) is 5.48. The van der Waals surface area contributed by atoms with Crippen LogP contribution in [-0.4, -0.2) is 34.8 Å². The molecule has 1 aromatic heterocycles. The minimum atomic E-state index is -0.438. The van der Waals surface area contributed by atoms with E-state index >= 15 is 0 Å². The van der Waals surface area contributed by atoms with E-state index < -0.39 is 5.91 Å². The Bertz CT molecular complexity index is 532. The van der Waals surface area contributed by atoms with Crippen molar-refractivity contribution in [2.45, 2.75) is 12.8 Å². The Hall–Kier alpha value is -2.18. The van der Waals surface area contributed by atoms with Crippen molar-refractivity contribution in [3.05, 3.63) is 11.3 Å². The molecule has 2 aliphatic heterocycles. The van der Waals surface area contributed by atoms with Crippen molar-refractivity contribution in [3.63, 3.8) is 0 Å². The second-order valence-electron chi connectivity index (χ2n) is 4.13. The summed E-state index contributed by atoms with van der Waals surface area (Å²) in [7, 11) is 0. The zero-order chi connectivity index (χ0) is 12.0. The highest BCUT2D eigenvalue weighted by Gasteiger charge is 2.29. The van der Waals surface area contributed by atoms with E-state index in [1.807, 2.05) is 4.90 Å². The average Bonchev–Trinajstić information content (AvgIpc) is 2.88. The van der Waals surface area contributed by atoms with Gasteiger partial charge in [0.25, 0.3) is 5.91 Å². The first-order valence-electron chi connectivity index (χ1n) is 5.48. The normalized spacial score (nSPS) is 18.5. The van der Waals surface area contributed by atoms with Gasteiger partial charge >= 0.3 is 0 Å². The van der Waals surface area contributed by atoms with E-state index in [0.717, 1.165) is 25.9 Å². The van der Waals surface area contributed by atoms with Crippen molar-refractivity contribution in [3.8, 4) is 0 Å². The third-order valence-corrected chi connectivity index (χ3v) is 2.99. The molecule has 7 heteroatoms. The Morgan fingerprint density at radius 2 is 1.82 bits per heavy atom. The minimum absolute atomic E-state index is 0.107. The fourth-order valence-corrected chi connectivity index (χ4v) is 2.15. The zero-order valence-electron chi connectivity index (χ0n) is 9.18. The molecule has 0 atom stereocenters. The fourth-order valence-electron chi connectivity index (χ4n) is 2.15. The van der Waals surface area contributed by atoms with Gasteiger partial charge < -0.3 is 16.4 Å². The quantitative estimate of drug-likeness (QED) is 0.676. The molecular weight excluding hydrogens is 220 g/mol. The third kappa shape index (κ3) is 1.42. The summed E-state index contributed by atoms with van der Waals surface area (Å²) in [5.41, 5.74) is 12.0. The molecule has 0 bridgehead atoms. The number of aliphatic imine (C=N–C) groups is 1. The van der Waals surface area contributed by atoms with Gasteiger partial charge in [0.15, 0.2) is 0 Å². The number of carbonyl (C=O) groups is 1. The van der Waals surface area contributed by atoms with Gasteiger partial charge in [0.05, 0.1) is 5.56 Å². The van der Waals surface area contributed by atoms with Gasteiger partial charge in [-0.25, -0.2) is 4.98 Å². The molecule has 0 saturated carbocycles. The summed E-state index contributed by atoms with van der Waals surface area (Å²) in [5.74, 6) is 0.392. The summed E-state index contributed by atoms with van der Waals surface area (Å²) in [4.78, 5) is 25.6. The summed E-state index contributed by atoms with van der Waals surface area (Å²) in [5, 5.41) is 0. The SMILES string of the molecule is NC1=NC(=O)c2nc(N3CCCC3)nc(N)c21. The summed E-state index contributed by atoms with van der Waals surface area (Å²) in [6.45, 7) is 1.78. The summed E-state index contributed by atoms with van der Waals surface area (Å²) < 4.78 is 0. The molecule has 2 aliphatic rings. The predicted molar refractivity (Wildman–Crippen MR) is 62.9 cm³/mol. The van der Waals surface area contributed by atoms with Gasteiger partial charge in [0, 0.05) is 13.1 Å². The summed E-state index contributed by atoms with van der Waals surface area (Å²) in [6.07, 6.45) is 2.21. The van der Waals surface area contributed by atoms with Gasteiger partial charge in [-0.15, -0.1) is 0 Å². The lowest BCUT2D eigenvalue weighted by Gasteiger charge is -2.16. The molecule has 1 aromatic rings. The van der Waals surface area contributed by atoms with E-state index in [1.165, 1.54) is 0 Å². The lowest BCUT2D eigenvalue weighted by atomic mass is 10.2. The number of hydrogen-bond donors (Lipinski definition) is 2. The monoisotopic (exact) mass is 232 g/mol. The highest BCUT2D eigenvalue weighted by Crippen LogP contribution is 2.24. The van der Waals surface area contributed by atoms with Crippen molar-refractivity contribution in [1.82, 2.24) is 9.97 Å². The molecule has 88 valence electrons. The van der Waals surface area contributed by atoms with E-state index in [9.17, 15) is 4.79 Å². The van der Waals surface area contributed by atoms with E-state index in [2.05, 4.69) is 15.0 Å². The fraction of sp³-hybridized carbons (Fsp3) is 0.400. The maximum absolute atomic E-state index is 11.6. The Balaban J connectivity index is 2.09. The van der Waals surface area contributed by atoms with E-state index in [0.29, 0.717) is 11.5 Å². The molecule has 1 fully saturated rings. The van der Waals surface area contributed by atoms with Crippen LogP contribution in [0.3, 0.4) is 0 Å². The molecule has 0 radical (unpaired) electrons. The Morgan fingerprint density at radius 1 is 1.12 bits per heavy atom.